The van der Waals surface area contributed by atoms with E-state index in [9.17, 15) is 10.1 Å². The molecule has 0 aliphatic heterocycles. The van der Waals surface area contributed by atoms with Crippen molar-refractivity contribution in [1.82, 2.24) is 4.98 Å². The van der Waals surface area contributed by atoms with Gasteiger partial charge in [0.2, 0.25) is 0 Å². The van der Waals surface area contributed by atoms with E-state index in [1.54, 1.807) is 0 Å². The third-order valence-corrected chi connectivity index (χ3v) is 1.43. The number of aliphatic hydroxyl groups is 1. The highest BCUT2D eigenvalue weighted by Crippen LogP contribution is 2.13. The van der Waals surface area contributed by atoms with Gasteiger partial charge in [0.05, 0.1) is 11.5 Å². The van der Waals surface area contributed by atoms with Gasteiger partial charge in [-0.05, 0) is 12.0 Å². The maximum absolute atomic E-state index is 10.5. The smallest absolute Gasteiger partial charge is 0.303 e. The quantitative estimate of drug-likeness (QED) is 0.425. The molecule has 0 spiro atoms. The molecule has 0 aliphatic rings. The molecular formula is C9H8N2O3. The first-order valence-corrected chi connectivity index (χ1v) is 3.95. The highest BCUT2D eigenvalue weighted by Gasteiger charge is 2.10. The van der Waals surface area contributed by atoms with Crippen LogP contribution in [0.3, 0.4) is 0 Å². The van der Waals surface area contributed by atoms with Crippen LogP contribution >= 0.6 is 0 Å². The summed E-state index contributed by atoms with van der Waals surface area (Å²) in [5.41, 5.74) is 0.0175. The fraction of sp³-hybridized carbons (Fsp3) is 0.222. The van der Waals surface area contributed by atoms with Crippen LogP contribution in [0.4, 0.5) is 5.69 Å². The molecule has 0 atom stereocenters. The van der Waals surface area contributed by atoms with Gasteiger partial charge in [-0.15, -0.1) is 0 Å². The van der Waals surface area contributed by atoms with Gasteiger partial charge in [-0.1, -0.05) is 5.92 Å². The van der Waals surface area contributed by atoms with Gasteiger partial charge in [0.15, 0.2) is 5.69 Å². The molecule has 0 amide bonds. The molecular weight excluding hydrogens is 184 g/mol. The third-order valence-electron chi connectivity index (χ3n) is 1.43. The lowest BCUT2D eigenvalue weighted by molar-refractivity contribution is -0.385. The number of pyridine rings is 1. The normalized spacial score (nSPS) is 8.93. The molecule has 0 radical (unpaired) electrons. The Labute approximate surface area is 80.6 Å². The number of aliphatic hydroxyl groups excluding tert-OH is 1. The molecule has 14 heavy (non-hydrogen) atoms. The van der Waals surface area contributed by atoms with Crippen LogP contribution in [-0.2, 0) is 0 Å². The van der Waals surface area contributed by atoms with E-state index in [1.807, 2.05) is 0 Å². The summed E-state index contributed by atoms with van der Waals surface area (Å²) in [5, 5.41) is 19.0. The SMILES string of the molecule is O=[N+]([O-])c1cccnc1C#CCCO. The topological polar surface area (TPSA) is 76.3 Å². The molecule has 0 bridgehead atoms. The van der Waals surface area contributed by atoms with Crippen molar-refractivity contribution in [1.29, 1.82) is 0 Å². The second kappa shape index (κ2) is 4.94. The van der Waals surface area contributed by atoms with E-state index in [1.165, 1.54) is 18.3 Å². The molecule has 0 fully saturated rings. The fourth-order valence-electron chi connectivity index (χ4n) is 0.843. The summed E-state index contributed by atoms with van der Waals surface area (Å²) in [6, 6.07) is 2.82. The Morgan fingerprint density at radius 2 is 2.43 bits per heavy atom. The molecule has 5 heteroatoms. The molecule has 72 valence electrons. The summed E-state index contributed by atoms with van der Waals surface area (Å²) in [6.45, 7) is -0.0619. The zero-order valence-electron chi connectivity index (χ0n) is 7.30. The van der Waals surface area contributed by atoms with Crippen molar-refractivity contribution in [3.63, 3.8) is 0 Å². The third kappa shape index (κ3) is 2.54. The molecule has 1 rings (SSSR count). The lowest BCUT2D eigenvalue weighted by Crippen LogP contribution is -1.94. The first kappa shape index (κ1) is 10.2. The van der Waals surface area contributed by atoms with Crippen molar-refractivity contribution in [3.8, 4) is 11.8 Å². The van der Waals surface area contributed by atoms with Gasteiger partial charge in [0, 0.05) is 18.7 Å². The van der Waals surface area contributed by atoms with Crippen LogP contribution < -0.4 is 0 Å². The molecule has 1 aromatic rings. The van der Waals surface area contributed by atoms with Gasteiger partial charge in [0.25, 0.3) is 0 Å². The number of nitrogens with zero attached hydrogens (tertiary/aromatic N) is 2. The maximum atomic E-state index is 10.5. The minimum Gasteiger partial charge on any atom is -0.395 e. The Kier molecular flexibility index (Phi) is 3.58. The largest absolute Gasteiger partial charge is 0.395 e. The van der Waals surface area contributed by atoms with E-state index in [2.05, 4.69) is 16.8 Å². The van der Waals surface area contributed by atoms with Gasteiger partial charge < -0.3 is 5.11 Å². The van der Waals surface area contributed by atoms with Gasteiger partial charge in [-0.2, -0.15) is 0 Å². The predicted molar refractivity (Wildman–Crippen MR) is 49.5 cm³/mol. The Morgan fingerprint density at radius 3 is 3.07 bits per heavy atom. The van der Waals surface area contributed by atoms with Crippen LogP contribution in [0.2, 0.25) is 0 Å². The Hall–Kier alpha value is -1.93. The van der Waals surface area contributed by atoms with E-state index in [0.29, 0.717) is 0 Å². The highest BCUT2D eigenvalue weighted by molar-refractivity contribution is 5.45. The lowest BCUT2D eigenvalue weighted by atomic mass is 10.3. The second-order valence-electron chi connectivity index (χ2n) is 2.40. The van der Waals surface area contributed by atoms with Crippen molar-refractivity contribution in [2.24, 2.45) is 0 Å². The van der Waals surface area contributed by atoms with E-state index >= 15 is 0 Å². The summed E-state index contributed by atoms with van der Waals surface area (Å²) in [5.74, 6) is 5.11. The predicted octanol–water partition coefficient (Wildman–Crippen LogP) is 0.724. The molecule has 5 nitrogen and oxygen atoms in total. The van der Waals surface area contributed by atoms with E-state index < -0.39 is 4.92 Å². The molecule has 0 unspecified atom stereocenters. The van der Waals surface area contributed by atoms with Crippen LogP contribution in [0.5, 0.6) is 0 Å². The van der Waals surface area contributed by atoms with Gasteiger partial charge in [-0.3, -0.25) is 10.1 Å². The van der Waals surface area contributed by atoms with E-state index in [4.69, 9.17) is 5.11 Å². The van der Waals surface area contributed by atoms with Gasteiger partial charge >= 0.3 is 5.69 Å². The first-order valence-electron chi connectivity index (χ1n) is 3.95. The van der Waals surface area contributed by atoms with Crippen molar-refractivity contribution in [3.05, 3.63) is 34.1 Å². The molecule has 1 N–H and O–H groups in total. The molecule has 0 saturated heterocycles. The molecule has 1 aromatic heterocycles. The van der Waals surface area contributed by atoms with Crippen LogP contribution in [-0.4, -0.2) is 21.6 Å². The second-order valence-corrected chi connectivity index (χ2v) is 2.40. The monoisotopic (exact) mass is 192 g/mol. The van der Waals surface area contributed by atoms with Crippen molar-refractivity contribution < 1.29 is 10.0 Å². The number of rotatable bonds is 2. The molecule has 1 heterocycles. The summed E-state index contributed by atoms with van der Waals surface area (Å²) >= 11 is 0. The van der Waals surface area contributed by atoms with Crippen LogP contribution in [0.1, 0.15) is 12.1 Å². The summed E-state index contributed by atoms with van der Waals surface area (Å²) < 4.78 is 0. The molecule has 0 saturated carbocycles. The summed E-state index contributed by atoms with van der Waals surface area (Å²) in [4.78, 5) is 13.7. The number of hydrogen-bond acceptors (Lipinski definition) is 4. The lowest BCUT2D eigenvalue weighted by Gasteiger charge is -1.92. The first-order chi connectivity index (χ1) is 6.75. The average Bonchev–Trinajstić information content (AvgIpc) is 2.19. The number of hydrogen-bond donors (Lipinski definition) is 1. The van der Waals surface area contributed by atoms with E-state index in [-0.39, 0.29) is 24.4 Å². The van der Waals surface area contributed by atoms with E-state index in [0.717, 1.165) is 0 Å². The molecule has 0 aromatic carbocycles. The standard InChI is InChI=1S/C9H8N2O3/c12-7-2-1-4-8-9(11(13)14)5-3-6-10-8/h3,5-6,12H,2,7H2. The Balaban J connectivity index is 2.97. The zero-order valence-corrected chi connectivity index (χ0v) is 7.30. The van der Waals surface area contributed by atoms with Crippen molar-refractivity contribution >= 4 is 5.69 Å². The minimum atomic E-state index is -0.532. The average molecular weight is 192 g/mol. The summed E-state index contributed by atoms with van der Waals surface area (Å²) in [7, 11) is 0. The minimum absolute atomic E-state index is 0.0619. The Bertz CT molecular complexity index is 393. The fourth-order valence-corrected chi connectivity index (χ4v) is 0.843. The van der Waals surface area contributed by atoms with Crippen LogP contribution in [0, 0.1) is 22.0 Å². The number of aromatic nitrogens is 1. The molecule has 0 aliphatic carbocycles. The van der Waals surface area contributed by atoms with Crippen LogP contribution in [0.25, 0.3) is 0 Å². The zero-order chi connectivity index (χ0) is 10.4. The van der Waals surface area contributed by atoms with Crippen molar-refractivity contribution in [2.45, 2.75) is 6.42 Å². The Morgan fingerprint density at radius 1 is 1.64 bits per heavy atom. The van der Waals surface area contributed by atoms with Gasteiger partial charge in [0.1, 0.15) is 0 Å². The van der Waals surface area contributed by atoms with Gasteiger partial charge in [-0.25, -0.2) is 4.98 Å². The van der Waals surface area contributed by atoms with Crippen LogP contribution in [0.15, 0.2) is 18.3 Å². The van der Waals surface area contributed by atoms with Crippen molar-refractivity contribution in [2.75, 3.05) is 6.61 Å². The maximum Gasteiger partial charge on any atom is 0.303 e. The number of nitro groups is 1. The highest BCUT2D eigenvalue weighted by atomic mass is 16.6. The summed E-state index contributed by atoms with van der Waals surface area (Å²) in [6.07, 6.45) is 1.73.